The Balaban J connectivity index is 2.16. The lowest BCUT2D eigenvalue weighted by atomic mass is 10.0. The van der Waals surface area contributed by atoms with E-state index >= 15 is 0 Å². The first kappa shape index (κ1) is 25.4. The molecule has 0 aliphatic heterocycles. The molecule has 1 unspecified atom stereocenters. The predicted octanol–water partition coefficient (Wildman–Crippen LogP) is 5.22. The number of rotatable bonds is 12. The van der Waals surface area contributed by atoms with Crippen LogP contribution in [0.4, 0.5) is 0 Å². The van der Waals surface area contributed by atoms with E-state index in [-0.39, 0.29) is 18.4 Å². The van der Waals surface area contributed by atoms with E-state index in [1.54, 1.807) is 4.90 Å². The van der Waals surface area contributed by atoms with Crippen LogP contribution in [0.2, 0.25) is 0 Å². The number of ether oxygens (including phenoxy) is 1. The van der Waals surface area contributed by atoms with Crippen LogP contribution in [0.3, 0.4) is 0 Å². The van der Waals surface area contributed by atoms with Crippen LogP contribution in [-0.4, -0.2) is 35.9 Å². The zero-order valence-corrected chi connectivity index (χ0v) is 20.2. The number of carbonyl (C=O) groups excluding carboxylic acids is 2. The highest BCUT2D eigenvalue weighted by atomic mass is 16.5. The van der Waals surface area contributed by atoms with Crippen molar-refractivity contribution < 1.29 is 14.3 Å². The van der Waals surface area contributed by atoms with Gasteiger partial charge in [0.1, 0.15) is 11.8 Å². The van der Waals surface area contributed by atoms with Gasteiger partial charge in [-0.25, -0.2) is 0 Å². The number of aryl methyl sites for hydroxylation is 1. The largest absolute Gasteiger partial charge is 0.484 e. The lowest BCUT2D eigenvalue weighted by Crippen LogP contribution is -2.50. The Morgan fingerprint density at radius 3 is 2.31 bits per heavy atom. The number of hydrogen-bond donors (Lipinski definition) is 1. The highest BCUT2D eigenvalue weighted by Crippen LogP contribution is 2.20. The van der Waals surface area contributed by atoms with Gasteiger partial charge in [-0.2, -0.15) is 0 Å². The molecule has 0 fully saturated rings. The van der Waals surface area contributed by atoms with Crippen LogP contribution in [0.15, 0.2) is 48.5 Å². The summed E-state index contributed by atoms with van der Waals surface area (Å²) in [5, 5.41) is 2.99. The zero-order valence-electron chi connectivity index (χ0n) is 20.2. The van der Waals surface area contributed by atoms with Crippen molar-refractivity contribution in [1.82, 2.24) is 10.2 Å². The standard InChI is InChI=1S/C27H38N2O3/c1-6-8-17-28-27(31)25(7-2)29(18-23-12-10-9-11-21(23)5)26(30)19-32-24-15-13-22(14-16-24)20(3)4/h9-16,20,25H,6-8,17-19H2,1-5H3,(H,28,31). The number of amides is 2. The molecule has 1 N–H and O–H groups in total. The topological polar surface area (TPSA) is 58.6 Å². The number of unbranched alkanes of at least 4 members (excludes halogenated alkanes) is 1. The van der Waals surface area contributed by atoms with E-state index < -0.39 is 6.04 Å². The monoisotopic (exact) mass is 438 g/mol. The molecule has 0 aromatic heterocycles. The van der Waals surface area contributed by atoms with Crippen molar-refractivity contribution in [2.75, 3.05) is 13.2 Å². The second-order valence-electron chi connectivity index (χ2n) is 8.53. The lowest BCUT2D eigenvalue weighted by molar-refractivity contribution is -0.143. The number of carbonyl (C=O) groups is 2. The summed E-state index contributed by atoms with van der Waals surface area (Å²) in [5.74, 6) is 0.786. The molecule has 5 heteroatoms. The predicted molar refractivity (Wildman–Crippen MR) is 130 cm³/mol. The molecule has 2 amide bonds. The van der Waals surface area contributed by atoms with Crippen LogP contribution < -0.4 is 10.1 Å². The van der Waals surface area contributed by atoms with Gasteiger partial charge >= 0.3 is 0 Å². The maximum Gasteiger partial charge on any atom is 0.261 e. The van der Waals surface area contributed by atoms with Gasteiger partial charge in [-0.1, -0.05) is 70.5 Å². The van der Waals surface area contributed by atoms with Gasteiger partial charge in [0, 0.05) is 13.1 Å². The zero-order chi connectivity index (χ0) is 23.5. The van der Waals surface area contributed by atoms with Crippen molar-refractivity contribution in [3.8, 4) is 5.75 Å². The maximum absolute atomic E-state index is 13.3. The number of nitrogens with one attached hydrogen (secondary N) is 1. The summed E-state index contributed by atoms with van der Waals surface area (Å²) in [7, 11) is 0. The minimum Gasteiger partial charge on any atom is -0.484 e. The van der Waals surface area contributed by atoms with Gasteiger partial charge in [0.05, 0.1) is 0 Å². The van der Waals surface area contributed by atoms with Crippen molar-refractivity contribution in [3.63, 3.8) is 0 Å². The van der Waals surface area contributed by atoms with E-state index in [9.17, 15) is 9.59 Å². The Kier molecular flexibility index (Phi) is 10.3. The van der Waals surface area contributed by atoms with Crippen molar-refractivity contribution in [1.29, 1.82) is 0 Å². The number of nitrogens with zero attached hydrogens (tertiary/aromatic N) is 1. The van der Waals surface area contributed by atoms with E-state index in [1.165, 1.54) is 5.56 Å². The molecule has 0 spiro atoms. The van der Waals surface area contributed by atoms with Crippen LogP contribution in [0.1, 0.15) is 69.6 Å². The molecule has 0 bridgehead atoms. The Bertz CT molecular complexity index is 861. The first-order valence-corrected chi connectivity index (χ1v) is 11.7. The molecule has 32 heavy (non-hydrogen) atoms. The normalized spacial score (nSPS) is 11.8. The summed E-state index contributed by atoms with van der Waals surface area (Å²) in [6, 6.07) is 15.2. The average Bonchev–Trinajstić information content (AvgIpc) is 2.79. The van der Waals surface area contributed by atoms with E-state index in [0.717, 1.165) is 24.0 Å². The molecule has 5 nitrogen and oxygen atoms in total. The third-order valence-electron chi connectivity index (χ3n) is 5.73. The van der Waals surface area contributed by atoms with Gasteiger partial charge < -0.3 is 15.0 Å². The molecule has 0 saturated carbocycles. The van der Waals surface area contributed by atoms with Crippen LogP contribution in [0.5, 0.6) is 5.75 Å². The van der Waals surface area contributed by atoms with Gasteiger partial charge in [0.25, 0.3) is 5.91 Å². The van der Waals surface area contributed by atoms with E-state index in [4.69, 9.17) is 4.74 Å². The van der Waals surface area contributed by atoms with Gasteiger partial charge in [-0.3, -0.25) is 9.59 Å². The van der Waals surface area contributed by atoms with Crippen molar-refractivity contribution in [3.05, 3.63) is 65.2 Å². The summed E-state index contributed by atoms with van der Waals surface area (Å²) in [4.78, 5) is 27.8. The fourth-order valence-electron chi connectivity index (χ4n) is 3.57. The molecule has 0 radical (unpaired) electrons. The van der Waals surface area contributed by atoms with E-state index in [2.05, 4.69) is 26.1 Å². The van der Waals surface area contributed by atoms with Crippen molar-refractivity contribution in [2.45, 2.75) is 72.4 Å². The molecular weight excluding hydrogens is 400 g/mol. The summed E-state index contributed by atoms with van der Waals surface area (Å²) in [6.07, 6.45) is 2.47. The average molecular weight is 439 g/mol. The fourth-order valence-corrected chi connectivity index (χ4v) is 3.57. The molecule has 2 rings (SSSR count). The molecule has 2 aromatic rings. The Morgan fingerprint density at radius 2 is 1.72 bits per heavy atom. The third kappa shape index (κ3) is 7.40. The Morgan fingerprint density at radius 1 is 1.03 bits per heavy atom. The van der Waals surface area contributed by atoms with Crippen LogP contribution in [-0.2, 0) is 16.1 Å². The molecule has 0 saturated heterocycles. The molecule has 1 atom stereocenters. The summed E-state index contributed by atoms with van der Waals surface area (Å²) < 4.78 is 5.80. The Labute approximate surface area is 193 Å². The first-order valence-electron chi connectivity index (χ1n) is 11.7. The maximum atomic E-state index is 13.3. The van der Waals surface area contributed by atoms with Gasteiger partial charge in [0.2, 0.25) is 5.91 Å². The van der Waals surface area contributed by atoms with Crippen LogP contribution in [0.25, 0.3) is 0 Å². The van der Waals surface area contributed by atoms with Gasteiger partial charge in [0.15, 0.2) is 6.61 Å². The minimum absolute atomic E-state index is 0.106. The lowest BCUT2D eigenvalue weighted by Gasteiger charge is -2.31. The van der Waals surface area contributed by atoms with Crippen molar-refractivity contribution in [2.24, 2.45) is 0 Å². The quantitative estimate of drug-likeness (QED) is 0.462. The smallest absolute Gasteiger partial charge is 0.261 e. The molecule has 2 aromatic carbocycles. The molecule has 0 aliphatic carbocycles. The highest BCUT2D eigenvalue weighted by Gasteiger charge is 2.29. The van der Waals surface area contributed by atoms with Crippen LogP contribution >= 0.6 is 0 Å². The van der Waals surface area contributed by atoms with E-state index in [0.29, 0.717) is 31.2 Å². The molecular formula is C27H38N2O3. The minimum atomic E-state index is -0.536. The molecule has 174 valence electrons. The van der Waals surface area contributed by atoms with Crippen molar-refractivity contribution >= 4 is 11.8 Å². The molecule has 0 heterocycles. The van der Waals surface area contributed by atoms with Gasteiger partial charge in [-0.15, -0.1) is 0 Å². The van der Waals surface area contributed by atoms with Gasteiger partial charge in [-0.05, 0) is 54.5 Å². The summed E-state index contributed by atoms with van der Waals surface area (Å²) in [5.41, 5.74) is 3.35. The number of hydrogen-bond acceptors (Lipinski definition) is 3. The Hall–Kier alpha value is -2.82. The molecule has 0 aliphatic rings. The van der Waals surface area contributed by atoms with E-state index in [1.807, 2.05) is 62.4 Å². The first-order chi connectivity index (χ1) is 15.4. The second-order valence-corrected chi connectivity index (χ2v) is 8.53. The third-order valence-corrected chi connectivity index (χ3v) is 5.73. The summed E-state index contributed by atoms with van der Waals surface area (Å²) >= 11 is 0. The summed E-state index contributed by atoms with van der Waals surface area (Å²) in [6.45, 7) is 11.2. The SMILES string of the molecule is CCCCNC(=O)C(CC)N(Cc1ccccc1C)C(=O)COc1ccc(C(C)C)cc1. The second kappa shape index (κ2) is 12.9. The number of benzene rings is 2. The highest BCUT2D eigenvalue weighted by molar-refractivity contribution is 5.88. The fraction of sp³-hybridized carbons (Fsp3) is 0.481. The van der Waals surface area contributed by atoms with Crippen LogP contribution in [0, 0.1) is 6.92 Å².